The van der Waals surface area contributed by atoms with Crippen LogP contribution < -0.4 is 9.47 Å². The standard InChI is InChI=1S/C17H22O3/c1-19-16-11-10-14(7-3-2-6-12-18)13-17(16)20-15-8-4-5-9-15/h3,7,10-13,15H,2,4-6,8-9H2,1H3. The summed E-state index contributed by atoms with van der Waals surface area (Å²) < 4.78 is 11.4. The first kappa shape index (κ1) is 14.6. The number of benzene rings is 1. The van der Waals surface area contributed by atoms with Gasteiger partial charge in [0.05, 0.1) is 13.2 Å². The van der Waals surface area contributed by atoms with Gasteiger partial charge in [0, 0.05) is 6.42 Å². The lowest BCUT2D eigenvalue weighted by atomic mass is 10.1. The second-order valence-electron chi connectivity index (χ2n) is 5.08. The second kappa shape index (κ2) is 7.73. The number of carbonyl (C=O) groups excluding carboxylic acids is 1. The fourth-order valence-electron chi connectivity index (χ4n) is 2.46. The van der Waals surface area contributed by atoms with Crippen LogP contribution in [0.15, 0.2) is 24.3 Å². The Hall–Kier alpha value is -1.77. The van der Waals surface area contributed by atoms with Crippen molar-refractivity contribution in [1.29, 1.82) is 0 Å². The minimum Gasteiger partial charge on any atom is -0.493 e. The maximum absolute atomic E-state index is 10.3. The van der Waals surface area contributed by atoms with Crippen LogP contribution in [0.1, 0.15) is 44.1 Å². The molecule has 0 unspecified atom stereocenters. The number of ether oxygens (including phenoxy) is 2. The highest BCUT2D eigenvalue weighted by Gasteiger charge is 2.18. The van der Waals surface area contributed by atoms with Crippen LogP contribution >= 0.6 is 0 Å². The van der Waals surface area contributed by atoms with E-state index in [4.69, 9.17) is 9.47 Å². The second-order valence-corrected chi connectivity index (χ2v) is 5.08. The Kier molecular flexibility index (Phi) is 5.66. The first-order chi connectivity index (χ1) is 9.83. The van der Waals surface area contributed by atoms with Crippen molar-refractivity contribution in [1.82, 2.24) is 0 Å². The average molecular weight is 274 g/mol. The molecule has 1 saturated carbocycles. The van der Waals surface area contributed by atoms with Crippen molar-refractivity contribution < 1.29 is 14.3 Å². The van der Waals surface area contributed by atoms with Crippen molar-refractivity contribution in [3.63, 3.8) is 0 Å². The lowest BCUT2D eigenvalue weighted by Crippen LogP contribution is -2.11. The molecule has 1 aromatic rings. The van der Waals surface area contributed by atoms with E-state index in [-0.39, 0.29) is 0 Å². The van der Waals surface area contributed by atoms with E-state index < -0.39 is 0 Å². The molecule has 0 radical (unpaired) electrons. The van der Waals surface area contributed by atoms with E-state index >= 15 is 0 Å². The van der Waals surface area contributed by atoms with Crippen molar-refractivity contribution in [2.45, 2.75) is 44.6 Å². The van der Waals surface area contributed by atoms with Crippen LogP contribution in [-0.4, -0.2) is 19.5 Å². The van der Waals surface area contributed by atoms with Crippen molar-refractivity contribution in [2.75, 3.05) is 7.11 Å². The maximum Gasteiger partial charge on any atom is 0.162 e. The Morgan fingerprint density at radius 2 is 2.00 bits per heavy atom. The van der Waals surface area contributed by atoms with Gasteiger partial charge in [0.15, 0.2) is 11.5 Å². The molecule has 0 heterocycles. The largest absolute Gasteiger partial charge is 0.493 e. The first-order valence-corrected chi connectivity index (χ1v) is 7.28. The molecule has 3 heteroatoms. The third-order valence-corrected chi connectivity index (χ3v) is 3.55. The molecule has 0 atom stereocenters. The van der Waals surface area contributed by atoms with Crippen LogP contribution in [0.25, 0.3) is 6.08 Å². The summed E-state index contributed by atoms with van der Waals surface area (Å²) in [5.41, 5.74) is 1.07. The van der Waals surface area contributed by atoms with Gasteiger partial charge in [0.1, 0.15) is 6.29 Å². The van der Waals surface area contributed by atoms with Gasteiger partial charge in [0.2, 0.25) is 0 Å². The number of hydrogen-bond donors (Lipinski definition) is 0. The van der Waals surface area contributed by atoms with Gasteiger partial charge in [-0.3, -0.25) is 0 Å². The number of hydrogen-bond acceptors (Lipinski definition) is 3. The normalized spacial score (nSPS) is 15.7. The molecule has 0 aromatic heterocycles. The smallest absolute Gasteiger partial charge is 0.162 e. The summed E-state index contributed by atoms with van der Waals surface area (Å²) in [7, 11) is 1.66. The molecule has 0 bridgehead atoms. The molecule has 0 amide bonds. The van der Waals surface area contributed by atoms with Crippen LogP contribution in [0, 0.1) is 0 Å². The molecule has 0 aliphatic heterocycles. The van der Waals surface area contributed by atoms with Crippen molar-refractivity contribution in [2.24, 2.45) is 0 Å². The summed E-state index contributed by atoms with van der Waals surface area (Å²) in [6.07, 6.45) is 11.4. The Morgan fingerprint density at radius 3 is 2.70 bits per heavy atom. The van der Waals surface area contributed by atoms with Gasteiger partial charge in [-0.25, -0.2) is 0 Å². The van der Waals surface area contributed by atoms with Crippen LogP contribution in [0.2, 0.25) is 0 Å². The predicted molar refractivity (Wildman–Crippen MR) is 80.2 cm³/mol. The van der Waals surface area contributed by atoms with Gasteiger partial charge in [0.25, 0.3) is 0 Å². The average Bonchev–Trinajstić information content (AvgIpc) is 2.97. The van der Waals surface area contributed by atoms with Gasteiger partial charge < -0.3 is 14.3 Å². The summed E-state index contributed by atoms with van der Waals surface area (Å²) in [6.45, 7) is 0. The number of carbonyl (C=O) groups is 1. The Morgan fingerprint density at radius 1 is 1.20 bits per heavy atom. The molecule has 20 heavy (non-hydrogen) atoms. The van der Waals surface area contributed by atoms with E-state index in [0.717, 1.165) is 42.6 Å². The molecular formula is C17H22O3. The SMILES string of the molecule is COc1ccc(C=CCCC=O)cc1OC1CCCC1. The zero-order valence-electron chi connectivity index (χ0n) is 12.0. The van der Waals surface area contributed by atoms with Crippen LogP contribution in [0.3, 0.4) is 0 Å². The Bertz CT molecular complexity index is 459. The quantitative estimate of drug-likeness (QED) is 0.556. The van der Waals surface area contributed by atoms with Gasteiger partial charge in [-0.15, -0.1) is 0 Å². The fourth-order valence-corrected chi connectivity index (χ4v) is 2.46. The van der Waals surface area contributed by atoms with E-state index in [1.165, 1.54) is 12.8 Å². The van der Waals surface area contributed by atoms with E-state index in [1.54, 1.807) is 7.11 Å². The van der Waals surface area contributed by atoms with Crippen molar-refractivity contribution >= 4 is 12.4 Å². The monoisotopic (exact) mass is 274 g/mol. The molecule has 1 fully saturated rings. The van der Waals surface area contributed by atoms with Gasteiger partial charge in [-0.1, -0.05) is 18.2 Å². The van der Waals surface area contributed by atoms with Crippen LogP contribution in [0.4, 0.5) is 0 Å². The molecule has 1 aliphatic rings. The summed E-state index contributed by atoms with van der Waals surface area (Å²) in [4.78, 5) is 10.3. The highest BCUT2D eigenvalue weighted by Crippen LogP contribution is 2.32. The molecule has 0 saturated heterocycles. The van der Waals surface area contributed by atoms with E-state index in [9.17, 15) is 4.79 Å². The summed E-state index contributed by atoms with van der Waals surface area (Å²) >= 11 is 0. The van der Waals surface area contributed by atoms with E-state index in [0.29, 0.717) is 12.5 Å². The molecule has 2 rings (SSSR count). The molecule has 3 nitrogen and oxygen atoms in total. The highest BCUT2D eigenvalue weighted by atomic mass is 16.5. The lowest BCUT2D eigenvalue weighted by molar-refractivity contribution is -0.107. The molecule has 1 aromatic carbocycles. The molecule has 0 spiro atoms. The molecule has 108 valence electrons. The third-order valence-electron chi connectivity index (χ3n) is 3.55. The summed E-state index contributed by atoms with van der Waals surface area (Å²) in [5, 5.41) is 0. The van der Waals surface area contributed by atoms with Gasteiger partial charge in [-0.2, -0.15) is 0 Å². The molecule has 1 aliphatic carbocycles. The zero-order valence-corrected chi connectivity index (χ0v) is 12.0. The molecular weight excluding hydrogens is 252 g/mol. The third kappa shape index (κ3) is 4.12. The number of rotatable bonds is 7. The minimum absolute atomic E-state index is 0.318. The van der Waals surface area contributed by atoms with Crippen LogP contribution in [0.5, 0.6) is 11.5 Å². The Labute approximate surface area is 120 Å². The van der Waals surface area contributed by atoms with Crippen molar-refractivity contribution in [3.05, 3.63) is 29.8 Å². The van der Waals surface area contributed by atoms with Gasteiger partial charge in [-0.05, 0) is 49.8 Å². The zero-order chi connectivity index (χ0) is 14.2. The van der Waals surface area contributed by atoms with E-state index in [1.807, 2.05) is 30.4 Å². The predicted octanol–water partition coefficient (Wildman–Crippen LogP) is 4.01. The van der Waals surface area contributed by atoms with E-state index in [2.05, 4.69) is 0 Å². The maximum atomic E-state index is 10.3. The number of unbranched alkanes of at least 4 members (excludes halogenated alkanes) is 1. The number of allylic oxidation sites excluding steroid dienone is 1. The topological polar surface area (TPSA) is 35.5 Å². The molecule has 0 N–H and O–H groups in total. The van der Waals surface area contributed by atoms with Crippen LogP contribution in [-0.2, 0) is 4.79 Å². The fraction of sp³-hybridized carbons (Fsp3) is 0.471. The van der Waals surface area contributed by atoms with Crippen molar-refractivity contribution in [3.8, 4) is 11.5 Å². The first-order valence-electron chi connectivity index (χ1n) is 7.28. The number of methoxy groups -OCH3 is 1. The minimum atomic E-state index is 0.318. The Balaban J connectivity index is 2.06. The highest BCUT2D eigenvalue weighted by molar-refractivity contribution is 5.56. The summed E-state index contributed by atoms with van der Waals surface area (Å²) in [5.74, 6) is 1.60. The van der Waals surface area contributed by atoms with Gasteiger partial charge >= 0.3 is 0 Å². The number of aldehydes is 1. The lowest BCUT2D eigenvalue weighted by Gasteiger charge is -2.16. The summed E-state index contributed by atoms with van der Waals surface area (Å²) in [6, 6.07) is 5.94.